The summed E-state index contributed by atoms with van der Waals surface area (Å²) < 4.78 is 5.45. The number of aromatic nitrogens is 2. The molecule has 1 aliphatic carbocycles. The zero-order chi connectivity index (χ0) is 13.7. The van der Waals surface area contributed by atoms with E-state index in [1.54, 1.807) is 12.1 Å². The third-order valence-electron chi connectivity index (χ3n) is 3.09. The van der Waals surface area contributed by atoms with Gasteiger partial charge in [-0.25, -0.2) is 0 Å². The van der Waals surface area contributed by atoms with Crippen LogP contribution in [-0.2, 0) is 4.74 Å². The maximum absolute atomic E-state index is 11.9. The summed E-state index contributed by atoms with van der Waals surface area (Å²) in [5.41, 5.74) is 0.349. The molecule has 1 aliphatic rings. The molecule has 1 aromatic rings. The van der Waals surface area contributed by atoms with Gasteiger partial charge >= 0.3 is 0 Å². The van der Waals surface area contributed by atoms with E-state index in [0.29, 0.717) is 11.5 Å². The van der Waals surface area contributed by atoms with E-state index in [2.05, 4.69) is 20.8 Å². The molecule has 6 heteroatoms. The summed E-state index contributed by atoms with van der Waals surface area (Å²) in [4.78, 5) is 11.9. The third kappa shape index (κ3) is 3.64. The Morgan fingerprint density at radius 2 is 2.16 bits per heavy atom. The maximum Gasteiger partial charge on any atom is 0.272 e. The lowest BCUT2D eigenvalue weighted by molar-refractivity contribution is -0.00867. The van der Waals surface area contributed by atoms with Crippen LogP contribution in [0, 0.1) is 0 Å². The summed E-state index contributed by atoms with van der Waals surface area (Å²) in [6.45, 7) is 5.46. The Labute approximate surface area is 112 Å². The zero-order valence-electron chi connectivity index (χ0n) is 11.3. The lowest BCUT2D eigenvalue weighted by atomic mass is 9.89. The lowest BCUT2D eigenvalue weighted by Crippen LogP contribution is -2.48. The first-order chi connectivity index (χ1) is 9.22. The Balaban J connectivity index is 1.80. The fourth-order valence-electron chi connectivity index (χ4n) is 2.04. The number of ether oxygens (including phenoxy) is 1. The van der Waals surface area contributed by atoms with Crippen LogP contribution in [0.25, 0.3) is 0 Å². The third-order valence-corrected chi connectivity index (χ3v) is 3.09. The highest BCUT2D eigenvalue weighted by atomic mass is 16.5. The van der Waals surface area contributed by atoms with E-state index in [9.17, 15) is 4.79 Å². The fourth-order valence-corrected chi connectivity index (χ4v) is 2.04. The minimum Gasteiger partial charge on any atom is -0.378 e. The van der Waals surface area contributed by atoms with Crippen LogP contribution in [0.2, 0.25) is 0 Å². The molecule has 0 radical (unpaired) electrons. The van der Waals surface area contributed by atoms with Crippen molar-refractivity contribution < 1.29 is 9.53 Å². The summed E-state index contributed by atoms with van der Waals surface area (Å²) >= 11 is 0. The van der Waals surface area contributed by atoms with Gasteiger partial charge in [-0.3, -0.25) is 4.79 Å². The van der Waals surface area contributed by atoms with Crippen LogP contribution >= 0.6 is 0 Å². The summed E-state index contributed by atoms with van der Waals surface area (Å²) in [6, 6.07) is 3.63. The minimum absolute atomic E-state index is 0.171. The van der Waals surface area contributed by atoms with Gasteiger partial charge in [-0.05, 0) is 38.8 Å². The summed E-state index contributed by atoms with van der Waals surface area (Å²) in [5.74, 6) is 0.509. The highest BCUT2D eigenvalue weighted by molar-refractivity contribution is 5.92. The number of carbonyl (C=O) groups excluding carboxylic acids is 1. The Bertz CT molecular complexity index is 415. The Morgan fingerprint density at radius 3 is 2.74 bits per heavy atom. The van der Waals surface area contributed by atoms with Crippen LogP contribution in [0.5, 0.6) is 0 Å². The molecule has 0 aromatic carbocycles. The number of hydrogen-bond acceptors (Lipinski definition) is 5. The SMILES string of the molecule is CCNc1ccc(C(=O)NC2CC(OCC)C2)nn1. The van der Waals surface area contributed by atoms with Gasteiger partial charge in [0.05, 0.1) is 6.10 Å². The summed E-state index contributed by atoms with van der Waals surface area (Å²) in [6.07, 6.45) is 2.04. The second-order valence-corrected chi connectivity index (χ2v) is 4.55. The van der Waals surface area contributed by atoms with E-state index < -0.39 is 0 Å². The average Bonchev–Trinajstić information content (AvgIpc) is 2.37. The van der Waals surface area contributed by atoms with E-state index in [-0.39, 0.29) is 18.1 Å². The van der Waals surface area contributed by atoms with Gasteiger partial charge in [0.25, 0.3) is 5.91 Å². The quantitative estimate of drug-likeness (QED) is 0.807. The van der Waals surface area contributed by atoms with E-state index in [0.717, 1.165) is 26.0 Å². The predicted octanol–water partition coefficient (Wildman–Crippen LogP) is 1.21. The molecule has 0 spiro atoms. The van der Waals surface area contributed by atoms with Crippen molar-refractivity contribution in [1.82, 2.24) is 15.5 Å². The summed E-state index contributed by atoms with van der Waals surface area (Å²) in [5, 5.41) is 13.8. The van der Waals surface area contributed by atoms with E-state index in [1.165, 1.54) is 0 Å². The first kappa shape index (κ1) is 13.7. The Morgan fingerprint density at radius 1 is 1.37 bits per heavy atom. The van der Waals surface area contributed by atoms with Crippen LogP contribution < -0.4 is 10.6 Å². The van der Waals surface area contributed by atoms with Crippen molar-refractivity contribution in [1.29, 1.82) is 0 Å². The first-order valence-electron chi connectivity index (χ1n) is 6.73. The van der Waals surface area contributed by atoms with Crippen LogP contribution in [0.15, 0.2) is 12.1 Å². The molecule has 2 N–H and O–H groups in total. The number of nitrogens with zero attached hydrogens (tertiary/aromatic N) is 2. The maximum atomic E-state index is 11.9. The van der Waals surface area contributed by atoms with Crippen LogP contribution in [-0.4, -0.2) is 41.4 Å². The average molecular weight is 264 g/mol. The topological polar surface area (TPSA) is 76.1 Å². The van der Waals surface area contributed by atoms with Crippen molar-refractivity contribution >= 4 is 11.7 Å². The molecule has 1 fully saturated rings. The second kappa shape index (κ2) is 6.47. The number of anilines is 1. The molecule has 0 atom stereocenters. The second-order valence-electron chi connectivity index (χ2n) is 4.55. The molecule has 0 unspecified atom stereocenters. The van der Waals surface area contributed by atoms with Gasteiger partial charge in [-0.2, -0.15) is 0 Å². The first-order valence-corrected chi connectivity index (χ1v) is 6.73. The van der Waals surface area contributed by atoms with Gasteiger partial charge in [-0.15, -0.1) is 10.2 Å². The van der Waals surface area contributed by atoms with E-state index in [4.69, 9.17) is 4.74 Å². The highest BCUT2D eigenvalue weighted by Crippen LogP contribution is 2.23. The van der Waals surface area contributed by atoms with Crippen molar-refractivity contribution in [2.24, 2.45) is 0 Å². The van der Waals surface area contributed by atoms with Crippen LogP contribution in [0.1, 0.15) is 37.2 Å². The smallest absolute Gasteiger partial charge is 0.272 e. The molecule has 0 aliphatic heterocycles. The van der Waals surface area contributed by atoms with E-state index >= 15 is 0 Å². The minimum atomic E-state index is -0.171. The molecule has 2 rings (SSSR count). The van der Waals surface area contributed by atoms with Gasteiger partial charge in [0.1, 0.15) is 5.82 Å². The number of carbonyl (C=O) groups is 1. The number of hydrogen-bond donors (Lipinski definition) is 2. The predicted molar refractivity (Wildman–Crippen MR) is 72.1 cm³/mol. The molecular weight excluding hydrogens is 244 g/mol. The molecule has 0 bridgehead atoms. The number of rotatable bonds is 6. The van der Waals surface area contributed by atoms with Crippen molar-refractivity contribution in [3.8, 4) is 0 Å². The zero-order valence-corrected chi connectivity index (χ0v) is 11.3. The molecule has 19 heavy (non-hydrogen) atoms. The van der Waals surface area contributed by atoms with Gasteiger partial charge in [0.15, 0.2) is 5.69 Å². The molecule has 1 aromatic heterocycles. The lowest BCUT2D eigenvalue weighted by Gasteiger charge is -2.35. The highest BCUT2D eigenvalue weighted by Gasteiger charge is 2.31. The molecule has 1 heterocycles. The molecule has 1 saturated carbocycles. The monoisotopic (exact) mass is 264 g/mol. The van der Waals surface area contributed by atoms with Gasteiger partial charge < -0.3 is 15.4 Å². The van der Waals surface area contributed by atoms with E-state index in [1.807, 2.05) is 13.8 Å². The standard InChI is InChI=1S/C13H20N4O2/c1-3-14-12-6-5-11(16-17-12)13(18)15-9-7-10(8-9)19-4-2/h5-6,9-10H,3-4,7-8H2,1-2H3,(H,14,17)(H,15,18). The van der Waals surface area contributed by atoms with Gasteiger partial charge in [0, 0.05) is 19.2 Å². The van der Waals surface area contributed by atoms with Gasteiger partial charge in [-0.1, -0.05) is 0 Å². The Hall–Kier alpha value is -1.69. The van der Waals surface area contributed by atoms with Crippen LogP contribution in [0.4, 0.5) is 5.82 Å². The normalized spacial score (nSPS) is 21.6. The largest absolute Gasteiger partial charge is 0.378 e. The van der Waals surface area contributed by atoms with Crippen molar-refractivity contribution in [3.05, 3.63) is 17.8 Å². The molecule has 0 saturated heterocycles. The fraction of sp³-hybridized carbons (Fsp3) is 0.615. The van der Waals surface area contributed by atoms with Gasteiger partial charge in [0.2, 0.25) is 0 Å². The summed E-state index contributed by atoms with van der Waals surface area (Å²) in [7, 11) is 0. The molecular formula is C13H20N4O2. The van der Waals surface area contributed by atoms with Crippen molar-refractivity contribution in [2.75, 3.05) is 18.5 Å². The number of nitrogens with one attached hydrogen (secondary N) is 2. The number of amides is 1. The molecule has 104 valence electrons. The Kier molecular flexibility index (Phi) is 4.68. The van der Waals surface area contributed by atoms with Crippen molar-refractivity contribution in [3.63, 3.8) is 0 Å². The van der Waals surface area contributed by atoms with Crippen molar-refractivity contribution in [2.45, 2.75) is 38.8 Å². The molecule has 6 nitrogen and oxygen atoms in total. The van der Waals surface area contributed by atoms with Crippen LogP contribution in [0.3, 0.4) is 0 Å². The molecule has 1 amide bonds.